The first-order valence-corrected chi connectivity index (χ1v) is 12.1. The maximum atomic E-state index is 13.9. The van der Waals surface area contributed by atoms with Crippen LogP contribution < -0.4 is 15.6 Å². The van der Waals surface area contributed by atoms with Crippen molar-refractivity contribution >= 4 is 69.2 Å². The van der Waals surface area contributed by atoms with Crippen LogP contribution in [0.3, 0.4) is 0 Å². The molecule has 0 aliphatic heterocycles. The summed E-state index contributed by atoms with van der Waals surface area (Å²) in [6, 6.07) is 10.5. The van der Waals surface area contributed by atoms with E-state index in [9.17, 15) is 27.9 Å². The first kappa shape index (κ1) is 29.4. The number of para-hydroxylation sites is 1. The van der Waals surface area contributed by atoms with Gasteiger partial charge in [-0.3, -0.25) is 14.2 Å². The maximum Gasteiger partial charge on any atom is 0.573 e. The highest BCUT2D eigenvalue weighted by Crippen LogP contribution is 2.34. The van der Waals surface area contributed by atoms with Crippen molar-refractivity contribution in [3.8, 4) is 11.5 Å². The Bertz CT molecular complexity index is 1690. The van der Waals surface area contributed by atoms with Crippen LogP contribution in [0.25, 0.3) is 10.9 Å². The van der Waals surface area contributed by atoms with E-state index in [4.69, 9.17) is 46.7 Å². The number of anilines is 1. The normalized spacial score (nSPS) is 11.9. The number of hydrogen-bond acceptors (Lipinski definition) is 5. The van der Waals surface area contributed by atoms with Gasteiger partial charge in [0.05, 0.1) is 62.5 Å². The molecule has 6 radical (unpaired) electrons. The minimum Gasteiger partial charge on any atom is -0.505 e. The molecular weight excluding hydrogens is 567 g/mol. The molecule has 0 spiro atoms. The van der Waals surface area contributed by atoms with Crippen LogP contribution >= 0.6 is 23.2 Å². The van der Waals surface area contributed by atoms with E-state index < -0.39 is 41.0 Å². The number of nitrogens with zero attached hydrogens (tertiary/aromatic N) is 2. The highest BCUT2D eigenvalue weighted by atomic mass is 35.5. The number of phenols is 1. The molecule has 7 nitrogen and oxygen atoms in total. The Kier molecular flexibility index (Phi) is 7.93. The summed E-state index contributed by atoms with van der Waals surface area (Å²) in [4.78, 5) is 31.3. The summed E-state index contributed by atoms with van der Waals surface area (Å²) in [6.45, 7) is 1.12. The molecule has 4 rings (SSSR count). The number of carbonyl (C=O) groups excluding carboxylic acids is 1. The molecule has 0 bridgehead atoms. The number of fused-ring (bicyclic) bond motifs is 1. The van der Waals surface area contributed by atoms with Crippen LogP contribution in [-0.4, -0.2) is 50.5 Å². The van der Waals surface area contributed by atoms with E-state index in [1.54, 1.807) is 13.0 Å². The summed E-state index contributed by atoms with van der Waals surface area (Å²) in [5.74, 6) is -2.05. The van der Waals surface area contributed by atoms with Gasteiger partial charge in [0, 0.05) is 11.1 Å². The smallest absolute Gasteiger partial charge is 0.505 e. The van der Waals surface area contributed by atoms with Crippen LogP contribution in [0.4, 0.5) is 18.9 Å². The van der Waals surface area contributed by atoms with Crippen LogP contribution in [0.5, 0.6) is 11.5 Å². The number of benzene rings is 3. The van der Waals surface area contributed by atoms with E-state index in [0.717, 1.165) is 10.6 Å². The van der Waals surface area contributed by atoms with E-state index in [2.05, 4.69) is 15.0 Å². The molecule has 4 aromatic rings. The zero-order valence-corrected chi connectivity index (χ0v) is 22.0. The van der Waals surface area contributed by atoms with Crippen molar-refractivity contribution in [3.05, 3.63) is 91.4 Å². The maximum absolute atomic E-state index is 13.9. The number of ether oxygens (including phenoxy) is 1. The van der Waals surface area contributed by atoms with Crippen molar-refractivity contribution in [1.82, 2.24) is 9.55 Å². The SMILES string of the molecule is [B]C([B])([B])c1nc2c(C)ccc(NC(=O)c3cc(Cl)c(O)c(Cl)c3)c2c(=O)n1Cc1ccccc1OC(F)(F)F. The fourth-order valence-corrected chi connectivity index (χ4v) is 4.44. The number of nitrogens with one attached hydrogen (secondary N) is 1. The second-order valence-corrected chi connectivity index (χ2v) is 9.63. The molecule has 0 fully saturated rings. The molecule has 15 heteroatoms. The van der Waals surface area contributed by atoms with Crippen LogP contribution in [-0.2, 0) is 11.7 Å². The van der Waals surface area contributed by atoms with Gasteiger partial charge in [-0.2, -0.15) is 0 Å². The zero-order valence-electron chi connectivity index (χ0n) is 20.5. The monoisotopic (exact) mass is 581 g/mol. The molecule has 198 valence electrons. The number of amides is 1. The number of alkyl halides is 3. The standard InChI is InChI=1S/C25H15B3Cl2F3N3O4/c1-11-6-7-16(34-21(38)13-8-14(29)20(37)15(30)9-13)18-19(11)35-23(24(26,27)28)36(22(18)39)10-12-4-2-3-5-17(12)40-25(31,32)33/h2-9,37H,10H2,1H3,(H,34,38). The van der Waals surface area contributed by atoms with E-state index in [-0.39, 0.29) is 43.6 Å². The summed E-state index contributed by atoms with van der Waals surface area (Å²) < 4.78 is 44.1. The Morgan fingerprint density at radius 1 is 1.10 bits per heavy atom. The Morgan fingerprint density at radius 2 is 1.73 bits per heavy atom. The number of carbonyl (C=O) groups is 1. The first-order chi connectivity index (χ1) is 18.6. The molecule has 0 saturated carbocycles. The van der Waals surface area contributed by atoms with Gasteiger partial charge in [0.1, 0.15) is 5.75 Å². The molecule has 40 heavy (non-hydrogen) atoms. The number of rotatable bonds is 6. The molecule has 0 atom stereocenters. The Hall–Kier alpha value is -3.57. The predicted molar refractivity (Wildman–Crippen MR) is 148 cm³/mol. The van der Waals surface area contributed by atoms with Gasteiger partial charge in [-0.1, -0.05) is 52.6 Å². The first-order valence-electron chi connectivity index (χ1n) is 11.3. The Balaban J connectivity index is 1.90. The molecule has 1 heterocycles. The third-order valence-electron chi connectivity index (χ3n) is 5.75. The van der Waals surface area contributed by atoms with Crippen molar-refractivity contribution in [2.24, 2.45) is 0 Å². The molecule has 0 aliphatic rings. The van der Waals surface area contributed by atoms with Crippen LogP contribution in [0.15, 0.2) is 53.3 Å². The van der Waals surface area contributed by atoms with E-state index in [1.165, 1.54) is 36.4 Å². The number of aromatic hydroxyl groups is 1. The lowest BCUT2D eigenvalue weighted by atomic mass is 9.42. The van der Waals surface area contributed by atoms with Gasteiger partial charge in [-0.25, -0.2) is 4.98 Å². The topological polar surface area (TPSA) is 93.5 Å². The van der Waals surface area contributed by atoms with Gasteiger partial charge in [0.15, 0.2) is 5.75 Å². The number of hydrogen-bond donors (Lipinski definition) is 2. The number of halogens is 5. The molecule has 2 N–H and O–H groups in total. The summed E-state index contributed by atoms with van der Waals surface area (Å²) in [5, 5.41) is 9.72. The minimum absolute atomic E-state index is 0.000195. The molecule has 0 saturated heterocycles. The van der Waals surface area contributed by atoms with Gasteiger partial charge in [0.2, 0.25) is 0 Å². The van der Waals surface area contributed by atoms with Crippen molar-refractivity contribution in [2.75, 3.05) is 5.32 Å². The average Bonchev–Trinajstić information content (AvgIpc) is 2.84. The predicted octanol–water partition coefficient (Wildman–Crippen LogP) is 4.53. The number of phenolic OH excluding ortho intramolecular Hbond substituents is 1. The van der Waals surface area contributed by atoms with Crippen molar-refractivity contribution < 1.29 is 27.8 Å². The van der Waals surface area contributed by atoms with Gasteiger partial charge < -0.3 is 15.2 Å². The molecule has 0 aliphatic carbocycles. The molecule has 0 unspecified atom stereocenters. The highest BCUT2D eigenvalue weighted by molar-refractivity contribution is 6.58. The second-order valence-electron chi connectivity index (χ2n) is 8.81. The lowest BCUT2D eigenvalue weighted by molar-refractivity contribution is -0.274. The molecular formula is C25H15B3Cl2F3N3O4. The van der Waals surface area contributed by atoms with Crippen LogP contribution in [0.1, 0.15) is 27.3 Å². The third kappa shape index (κ3) is 6.10. The summed E-state index contributed by atoms with van der Waals surface area (Å²) in [5.41, 5.74) is -0.330. The zero-order chi connectivity index (χ0) is 29.6. The Morgan fingerprint density at radius 3 is 2.33 bits per heavy atom. The molecule has 1 amide bonds. The fourth-order valence-electron chi connectivity index (χ4n) is 3.95. The van der Waals surface area contributed by atoms with Crippen molar-refractivity contribution in [2.45, 2.75) is 24.9 Å². The van der Waals surface area contributed by atoms with E-state index in [1.807, 2.05) is 0 Å². The van der Waals surface area contributed by atoms with Crippen molar-refractivity contribution in [3.63, 3.8) is 0 Å². The quantitative estimate of drug-likeness (QED) is 0.327. The van der Waals surface area contributed by atoms with Crippen LogP contribution in [0.2, 0.25) is 10.0 Å². The van der Waals surface area contributed by atoms with Gasteiger partial charge in [-0.15, -0.1) is 13.2 Å². The fraction of sp³-hybridized carbons (Fsp3) is 0.160. The van der Waals surface area contributed by atoms with Gasteiger partial charge in [-0.05, 0) is 36.8 Å². The summed E-state index contributed by atoms with van der Waals surface area (Å²) >= 11 is 11.8. The van der Waals surface area contributed by atoms with Gasteiger partial charge in [0.25, 0.3) is 11.5 Å². The van der Waals surface area contributed by atoms with Crippen molar-refractivity contribution in [1.29, 1.82) is 0 Å². The average molecular weight is 582 g/mol. The minimum atomic E-state index is -5.00. The molecule has 3 aromatic carbocycles. The lowest BCUT2D eigenvalue weighted by Gasteiger charge is -2.26. The third-order valence-corrected chi connectivity index (χ3v) is 6.33. The highest BCUT2D eigenvalue weighted by Gasteiger charge is 2.32. The number of aromatic nitrogens is 2. The number of aryl methyl sites for hydroxylation is 1. The summed E-state index contributed by atoms with van der Waals surface area (Å²) in [6.07, 6.45) is -5.00. The van der Waals surface area contributed by atoms with E-state index >= 15 is 0 Å². The summed E-state index contributed by atoms with van der Waals surface area (Å²) in [7, 11) is 17.7. The Labute approximate surface area is 239 Å². The largest absolute Gasteiger partial charge is 0.573 e. The van der Waals surface area contributed by atoms with Gasteiger partial charge >= 0.3 is 6.36 Å². The van der Waals surface area contributed by atoms with Crippen LogP contribution in [0, 0.1) is 6.92 Å². The molecule has 1 aromatic heterocycles. The lowest BCUT2D eigenvalue weighted by Crippen LogP contribution is -2.38. The second kappa shape index (κ2) is 10.8. The van der Waals surface area contributed by atoms with E-state index in [0.29, 0.717) is 5.56 Å².